The first-order chi connectivity index (χ1) is 15.6. The molecule has 2 heterocycles. The predicted octanol–water partition coefficient (Wildman–Crippen LogP) is 2.89. The van der Waals surface area contributed by atoms with Crippen LogP contribution in [0.25, 0.3) is 16.6 Å². The van der Waals surface area contributed by atoms with Gasteiger partial charge in [-0.25, -0.2) is 4.98 Å². The lowest BCUT2D eigenvalue weighted by Gasteiger charge is -2.31. The summed E-state index contributed by atoms with van der Waals surface area (Å²) >= 11 is 7.30. The Kier molecular flexibility index (Phi) is 6.19. The first-order valence-electron chi connectivity index (χ1n) is 10.8. The average Bonchev–Trinajstić information content (AvgIpc) is 3.27. The Labute approximate surface area is 194 Å². The number of para-hydroxylation sites is 1. The monoisotopic (exact) mass is 469 g/mol. The molecule has 2 aliphatic rings. The Morgan fingerprint density at radius 1 is 1.19 bits per heavy atom. The number of fused-ring (bicyclic) bond motifs is 2. The van der Waals surface area contributed by atoms with Crippen LogP contribution in [-0.4, -0.2) is 39.8 Å². The molecular weight excluding hydrogens is 446 g/mol. The zero-order valence-electron chi connectivity index (χ0n) is 17.4. The van der Waals surface area contributed by atoms with Gasteiger partial charge in [-0.2, -0.15) is 0 Å². The van der Waals surface area contributed by atoms with Gasteiger partial charge in [-0.1, -0.05) is 35.5 Å². The minimum absolute atomic E-state index is 0.0468. The van der Waals surface area contributed by atoms with E-state index in [1.54, 1.807) is 34.9 Å². The Balaban J connectivity index is 1.36. The van der Waals surface area contributed by atoms with Crippen LogP contribution in [0.3, 0.4) is 0 Å². The molecule has 3 aromatic rings. The highest BCUT2D eigenvalue weighted by atomic mass is 35.5. The fourth-order valence-corrected chi connectivity index (χ4v) is 5.48. The summed E-state index contributed by atoms with van der Waals surface area (Å²) in [6.45, 7) is 0.997. The van der Waals surface area contributed by atoms with Crippen molar-refractivity contribution in [2.24, 2.45) is 5.92 Å². The van der Waals surface area contributed by atoms with Crippen molar-refractivity contribution in [1.29, 1.82) is 0 Å². The van der Waals surface area contributed by atoms with Gasteiger partial charge in [0.2, 0.25) is 5.91 Å². The third kappa shape index (κ3) is 4.41. The standard InChI is InChI=1S/C23H24ClN5O2S/c24-15-6-9-17(10-7-15)29-22(31)18-3-1-2-4-19(18)27-23(29)32-13-21(30)26-16-8-5-14-12-25-28-20(14)11-16/h1-4,6-7,9-10,14,16,20,25,28H,5,8,11-13H2,(H,26,30). The largest absolute Gasteiger partial charge is 0.353 e. The summed E-state index contributed by atoms with van der Waals surface area (Å²) in [4.78, 5) is 30.7. The minimum Gasteiger partial charge on any atom is -0.353 e. The van der Waals surface area contributed by atoms with Gasteiger partial charge in [0.05, 0.1) is 22.3 Å². The fourth-order valence-electron chi connectivity index (χ4n) is 4.53. The molecule has 166 valence electrons. The van der Waals surface area contributed by atoms with Crippen LogP contribution in [-0.2, 0) is 4.79 Å². The minimum atomic E-state index is -0.168. The molecule has 1 saturated heterocycles. The van der Waals surface area contributed by atoms with Crippen molar-refractivity contribution in [1.82, 2.24) is 25.7 Å². The summed E-state index contributed by atoms with van der Waals surface area (Å²) in [6.07, 6.45) is 3.02. The molecule has 2 fully saturated rings. The third-order valence-corrected chi connectivity index (χ3v) is 7.36. The molecule has 0 radical (unpaired) electrons. The fraction of sp³-hybridized carbons (Fsp3) is 0.348. The lowest BCUT2D eigenvalue weighted by Crippen LogP contribution is -2.45. The Hall–Kier alpha value is -2.39. The molecule has 7 nitrogen and oxygen atoms in total. The van der Waals surface area contributed by atoms with E-state index in [1.807, 2.05) is 18.2 Å². The van der Waals surface area contributed by atoms with Gasteiger partial charge in [-0.15, -0.1) is 0 Å². The van der Waals surface area contributed by atoms with Crippen LogP contribution < -0.4 is 21.7 Å². The van der Waals surface area contributed by atoms with Crippen LogP contribution in [0, 0.1) is 5.92 Å². The maximum atomic E-state index is 13.3. The quantitative estimate of drug-likeness (QED) is 0.393. The molecule has 3 unspecified atom stereocenters. The number of carbonyl (C=O) groups is 1. The molecular formula is C23H24ClN5O2S. The van der Waals surface area contributed by atoms with E-state index >= 15 is 0 Å². The number of hydrazine groups is 1. The van der Waals surface area contributed by atoms with Gasteiger partial charge in [0.1, 0.15) is 0 Å². The van der Waals surface area contributed by atoms with E-state index in [2.05, 4.69) is 16.2 Å². The first kappa shape index (κ1) is 21.5. The summed E-state index contributed by atoms with van der Waals surface area (Å²) in [5, 5.41) is 4.76. The second-order valence-corrected chi connectivity index (χ2v) is 9.67. The van der Waals surface area contributed by atoms with Crippen molar-refractivity contribution in [2.75, 3.05) is 12.3 Å². The highest BCUT2D eigenvalue weighted by Gasteiger charge is 2.34. The van der Waals surface area contributed by atoms with Crippen LogP contribution in [0.2, 0.25) is 5.02 Å². The SMILES string of the molecule is O=C(CSc1nc2ccccc2c(=O)n1-c1ccc(Cl)cc1)NC1CCC2CNNC2C1. The Morgan fingerprint density at radius 3 is 2.84 bits per heavy atom. The lowest BCUT2D eigenvalue weighted by molar-refractivity contribution is -0.119. The third-order valence-electron chi connectivity index (χ3n) is 6.17. The molecule has 32 heavy (non-hydrogen) atoms. The van der Waals surface area contributed by atoms with Gasteiger partial charge in [0.15, 0.2) is 5.16 Å². The van der Waals surface area contributed by atoms with Crippen molar-refractivity contribution in [2.45, 2.75) is 36.5 Å². The summed E-state index contributed by atoms with van der Waals surface area (Å²) in [5.41, 5.74) is 7.64. The van der Waals surface area contributed by atoms with Crippen molar-refractivity contribution in [3.8, 4) is 5.69 Å². The number of nitrogens with one attached hydrogen (secondary N) is 3. The highest BCUT2D eigenvalue weighted by molar-refractivity contribution is 7.99. The molecule has 1 amide bonds. The summed E-state index contributed by atoms with van der Waals surface area (Å²) in [5.74, 6) is 0.789. The summed E-state index contributed by atoms with van der Waals surface area (Å²) in [6, 6.07) is 14.9. The number of aromatic nitrogens is 2. The molecule has 0 spiro atoms. The van der Waals surface area contributed by atoms with E-state index in [9.17, 15) is 9.59 Å². The van der Waals surface area contributed by atoms with Crippen LogP contribution in [0.4, 0.5) is 0 Å². The second kappa shape index (κ2) is 9.23. The van der Waals surface area contributed by atoms with E-state index in [0.717, 1.165) is 25.8 Å². The smallest absolute Gasteiger partial charge is 0.266 e. The van der Waals surface area contributed by atoms with Crippen molar-refractivity contribution in [3.05, 3.63) is 63.9 Å². The molecule has 5 rings (SSSR count). The van der Waals surface area contributed by atoms with Gasteiger partial charge in [-0.3, -0.25) is 25.0 Å². The van der Waals surface area contributed by atoms with Crippen molar-refractivity contribution < 1.29 is 4.79 Å². The van der Waals surface area contributed by atoms with Crippen LogP contribution in [0.5, 0.6) is 0 Å². The molecule has 1 aliphatic heterocycles. The number of carbonyl (C=O) groups excluding carboxylic acids is 1. The van der Waals surface area contributed by atoms with E-state index in [0.29, 0.717) is 38.7 Å². The van der Waals surface area contributed by atoms with E-state index in [1.165, 1.54) is 11.8 Å². The average molecular weight is 470 g/mol. The number of amides is 1. The number of hydrogen-bond acceptors (Lipinski definition) is 6. The number of hydrogen-bond donors (Lipinski definition) is 3. The lowest BCUT2D eigenvalue weighted by atomic mass is 9.83. The molecule has 3 N–H and O–H groups in total. The van der Waals surface area contributed by atoms with E-state index in [-0.39, 0.29) is 23.3 Å². The number of thioether (sulfide) groups is 1. The second-order valence-electron chi connectivity index (χ2n) is 8.29. The molecule has 1 aliphatic carbocycles. The molecule has 2 aromatic carbocycles. The normalized spacial score (nSPS) is 22.6. The zero-order chi connectivity index (χ0) is 22.1. The van der Waals surface area contributed by atoms with Crippen LogP contribution in [0.15, 0.2) is 58.5 Å². The molecule has 9 heteroatoms. The maximum Gasteiger partial charge on any atom is 0.266 e. The van der Waals surface area contributed by atoms with Gasteiger partial charge >= 0.3 is 0 Å². The molecule has 1 saturated carbocycles. The summed E-state index contributed by atoms with van der Waals surface area (Å²) < 4.78 is 1.55. The van der Waals surface area contributed by atoms with E-state index < -0.39 is 0 Å². The van der Waals surface area contributed by atoms with Crippen molar-refractivity contribution in [3.63, 3.8) is 0 Å². The van der Waals surface area contributed by atoms with Gasteiger partial charge < -0.3 is 5.32 Å². The Bertz CT molecular complexity index is 1200. The zero-order valence-corrected chi connectivity index (χ0v) is 19.0. The van der Waals surface area contributed by atoms with Crippen LogP contribution >= 0.6 is 23.4 Å². The molecule has 0 bridgehead atoms. The van der Waals surface area contributed by atoms with Crippen LogP contribution in [0.1, 0.15) is 19.3 Å². The number of nitrogens with zero attached hydrogens (tertiary/aromatic N) is 2. The van der Waals surface area contributed by atoms with Gasteiger partial charge in [0.25, 0.3) is 5.56 Å². The van der Waals surface area contributed by atoms with E-state index in [4.69, 9.17) is 16.6 Å². The maximum absolute atomic E-state index is 13.3. The van der Waals surface area contributed by atoms with Gasteiger partial charge in [-0.05, 0) is 61.6 Å². The van der Waals surface area contributed by atoms with Crippen molar-refractivity contribution >= 4 is 40.2 Å². The number of benzene rings is 2. The Morgan fingerprint density at radius 2 is 2.00 bits per heavy atom. The van der Waals surface area contributed by atoms with Gasteiger partial charge in [0, 0.05) is 23.7 Å². The number of rotatable bonds is 5. The number of halogens is 1. The molecule has 3 atom stereocenters. The molecule has 1 aromatic heterocycles. The summed E-state index contributed by atoms with van der Waals surface area (Å²) in [7, 11) is 0. The topological polar surface area (TPSA) is 88.0 Å². The predicted molar refractivity (Wildman–Crippen MR) is 127 cm³/mol. The first-order valence-corrected chi connectivity index (χ1v) is 12.1. The highest BCUT2D eigenvalue weighted by Crippen LogP contribution is 2.27.